The molecule has 0 saturated carbocycles. The van der Waals surface area contributed by atoms with Crippen LogP contribution in [-0.2, 0) is 4.74 Å². The van der Waals surface area contributed by atoms with E-state index in [1.807, 2.05) is 24.3 Å². The van der Waals surface area contributed by atoms with Crippen molar-refractivity contribution in [1.29, 1.82) is 0 Å². The Morgan fingerprint density at radius 2 is 2.00 bits per heavy atom. The van der Waals surface area contributed by atoms with E-state index in [1.165, 1.54) is 5.56 Å². The van der Waals surface area contributed by atoms with E-state index in [-0.39, 0.29) is 5.97 Å². The third-order valence-corrected chi connectivity index (χ3v) is 2.70. The lowest BCUT2D eigenvalue weighted by Gasteiger charge is -2.06. The van der Waals surface area contributed by atoms with Gasteiger partial charge in [-0.15, -0.1) is 0 Å². The van der Waals surface area contributed by atoms with Crippen molar-refractivity contribution >= 4 is 5.97 Å². The lowest BCUT2D eigenvalue weighted by Crippen LogP contribution is -2.06. The average Bonchev–Trinajstić information content (AvgIpc) is 2.40. The van der Waals surface area contributed by atoms with E-state index in [1.54, 1.807) is 19.2 Å². The molecule has 0 bridgehead atoms. The molecule has 2 rings (SSSR count). The zero-order valence-electron chi connectivity index (χ0n) is 10.5. The summed E-state index contributed by atoms with van der Waals surface area (Å²) in [4.78, 5) is 15.6. The lowest BCUT2D eigenvalue weighted by molar-refractivity contribution is 0.0519. The summed E-state index contributed by atoms with van der Waals surface area (Å²) >= 11 is 0. The molecular formula is C15H15NO2. The minimum absolute atomic E-state index is 0.342. The van der Waals surface area contributed by atoms with Crippen molar-refractivity contribution in [2.75, 3.05) is 6.61 Å². The van der Waals surface area contributed by atoms with E-state index >= 15 is 0 Å². The second-order valence-corrected chi connectivity index (χ2v) is 3.97. The first-order chi connectivity index (χ1) is 8.72. The molecule has 3 nitrogen and oxygen atoms in total. The average molecular weight is 241 g/mol. The van der Waals surface area contributed by atoms with Crippen molar-refractivity contribution in [3.05, 3.63) is 53.9 Å². The molecule has 1 heterocycles. The van der Waals surface area contributed by atoms with E-state index < -0.39 is 0 Å². The molecular weight excluding hydrogens is 226 g/mol. The summed E-state index contributed by atoms with van der Waals surface area (Å²) in [5.41, 5.74) is 3.65. The Labute approximate surface area is 106 Å². The summed E-state index contributed by atoms with van der Waals surface area (Å²) in [7, 11) is 0. The normalized spacial score (nSPS) is 10.1. The number of rotatable bonds is 3. The fourth-order valence-electron chi connectivity index (χ4n) is 1.78. The Morgan fingerprint density at radius 1 is 1.22 bits per heavy atom. The molecule has 92 valence electrons. The van der Waals surface area contributed by atoms with Gasteiger partial charge in [-0.05, 0) is 31.0 Å². The van der Waals surface area contributed by atoms with E-state index in [0.29, 0.717) is 12.3 Å². The van der Waals surface area contributed by atoms with Gasteiger partial charge in [-0.1, -0.05) is 30.3 Å². The summed E-state index contributed by atoms with van der Waals surface area (Å²) in [6.07, 6.45) is 1.70. The van der Waals surface area contributed by atoms with Crippen molar-refractivity contribution < 1.29 is 9.53 Å². The largest absolute Gasteiger partial charge is 0.461 e. The molecule has 0 atom stereocenters. The van der Waals surface area contributed by atoms with Crippen LogP contribution in [0.4, 0.5) is 0 Å². The quantitative estimate of drug-likeness (QED) is 0.774. The first-order valence-corrected chi connectivity index (χ1v) is 5.91. The van der Waals surface area contributed by atoms with Crippen LogP contribution in [0.2, 0.25) is 0 Å². The number of esters is 1. The third kappa shape index (κ3) is 2.56. The summed E-state index contributed by atoms with van der Waals surface area (Å²) < 4.78 is 4.90. The Kier molecular flexibility index (Phi) is 3.72. The minimum Gasteiger partial charge on any atom is -0.461 e. The summed E-state index contributed by atoms with van der Waals surface area (Å²) in [6, 6.07) is 11.7. The molecule has 0 radical (unpaired) electrons. The van der Waals surface area contributed by atoms with E-state index in [2.05, 4.69) is 18.0 Å². The van der Waals surface area contributed by atoms with Crippen LogP contribution in [0.5, 0.6) is 0 Å². The number of carbonyl (C=O) groups is 1. The fourth-order valence-corrected chi connectivity index (χ4v) is 1.78. The second-order valence-electron chi connectivity index (χ2n) is 3.97. The van der Waals surface area contributed by atoms with Gasteiger partial charge < -0.3 is 4.74 Å². The van der Waals surface area contributed by atoms with E-state index in [4.69, 9.17) is 4.74 Å². The number of benzene rings is 1. The summed E-state index contributed by atoms with van der Waals surface area (Å²) in [6.45, 7) is 4.19. The Bertz CT molecular complexity index is 547. The topological polar surface area (TPSA) is 39.2 Å². The molecule has 0 aliphatic carbocycles. The van der Waals surface area contributed by atoms with Gasteiger partial charge in [-0.3, -0.25) is 0 Å². The Balaban J connectivity index is 2.28. The SMILES string of the molecule is CCOC(=O)c1ccc(-c2ccccc2C)cn1. The predicted octanol–water partition coefficient (Wildman–Crippen LogP) is 3.23. The molecule has 1 aromatic heterocycles. The maximum atomic E-state index is 11.5. The van der Waals surface area contributed by atoms with Gasteiger partial charge in [0.1, 0.15) is 5.69 Å². The number of nitrogens with zero attached hydrogens (tertiary/aromatic N) is 1. The van der Waals surface area contributed by atoms with Crippen molar-refractivity contribution in [3.8, 4) is 11.1 Å². The van der Waals surface area contributed by atoms with E-state index in [9.17, 15) is 4.79 Å². The highest BCUT2D eigenvalue weighted by Gasteiger charge is 2.08. The predicted molar refractivity (Wildman–Crippen MR) is 70.4 cm³/mol. The van der Waals surface area contributed by atoms with Gasteiger partial charge in [0.25, 0.3) is 0 Å². The standard InChI is InChI=1S/C15H15NO2/c1-3-18-15(17)14-9-8-12(10-16-14)13-7-5-4-6-11(13)2/h4-10H,3H2,1-2H3. The first-order valence-electron chi connectivity index (χ1n) is 5.91. The van der Waals surface area contributed by atoms with Crippen LogP contribution >= 0.6 is 0 Å². The van der Waals surface area contributed by atoms with Gasteiger partial charge in [0.2, 0.25) is 0 Å². The fraction of sp³-hybridized carbons (Fsp3) is 0.200. The van der Waals surface area contributed by atoms with Gasteiger partial charge in [0.05, 0.1) is 6.61 Å². The van der Waals surface area contributed by atoms with Gasteiger partial charge in [-0.2, -0.15) is 0 Å². The third-order valence-electron chi connectivity index (χ3n) is 2.70. The van der Waals surface area contributed by atoms with Gasteiger partial charge >= 0.3 is 5.97 Å². The highest BCUT2D eigenvalue weighted by atomic mass is 16.5. The molecule has 0 N–H and O–H groups in total. The second kappa shape index (κ2) is 5.45. The molecule has 0 fully saturated rings. The Hall–Kier alpha value is -2.16. The molecule has 3 heteroatoms. The molecule has 0 saturated heterocycles. The number of carbonyl (C=O) groups excluding carboxylic acids is 1. The number of aryl methyl sites for hydroxylation is 1. The zero-order valence-corrected chi connectivity index (χ0v) is 10.5. The van der Waals surface area contributed by atoms with Crippen molar-refractivity contribution in [3.63, 3.8) is 0 Å². The van der Waals surface area contributed by atoms with Crippen molar-refractivity contribution in [1.82, 2.24) is 4.98 Å². The van der Waals surface area contributed by atoms with Crippen LogP contribution in [-0.4, -0.2) is 17.6 Å². The number of ether oxygens (including phenoxy) is 1. The summed E-state index contributed by atoms with van der Waals surface area (Å²) in [5.74, 6) is -0.381. The smallest absolute Gasteiger partial charge is 0.356 e. The van der Waals surface area contributed by atoms with Crippen LogP contribution in [0, 0.1) is 6.92 Å². The molecule has 0 unspecified atom stereocenters. The highest BCUT2D eigenvalue weighted by Crippen LogP contribution is 2.22. The number of pyridine rings is 1. The van der Waals surface area contributed by atoms with Crippen LogP contribution < -0.4 is 0 Å². The molecule has 18 heavy (non-hydrogen) atoms. The van der Waals surface area contributed by atoms with Crippen LogP contribution in [0.15, 0.2) is 42.6 Å². The number of hydrogen-bond donors (Lipinski definition) is 0. The van der Waals surface area contributed by atoms with Crippen LogP contribution in [0.3, 0.4) is 0 Å². The van der Waals surface area contributed by atoms with Crippen molar-refractivity contribution in [2.45, 2.75) is 13.8 Å². The maximum Gasteiger partial charge on any atom is 0.356 e. The maximum absolute atomic E-state index is 11.5. The van der Waals surface area contributed by atoms with E-state index in [0.717, 1.165) is 11.1 Å². The Morgan fingerprint density at radius 3 is 2.61 bits per heavy atom. The lowest BCUT2D eigenvalue weighted by atomic mass is 10.0. The molecule has 0 amide bonds. The number of aromatic nitrogens is 1. The van der Waals surface area contributed by atoms with Gasteiger partial charge in [0.15, 0.2) is 0 Å². The minimum atomic E-state index is -0.381. The summed E-state index contributed by atoms with van der Waals surface area (Å²) in [5, 5.41) is 0. The number of hydrogen-bond acceptors (Lipinski definition) is 3. The molecule has 0 aliphatic rings. The molecule has 0 aliphatic heterocycles. The van der Waals surface area contributed by atoms with Crippen LogP contribution in [0.25, 0.3) is 11.1 Å². The van der Waals surface area contributed by atoms with Gasteiger partial charge in [0, 0.05) is 11.8 Å². The monoisotopic (exact) mass is 241 g/mol. The zero-order chi connectivity index (χ0) is 13.0. The molecule has 2 aromatic rings. The highest BCUT2D eigenvalue weighted by molar-refractivity contribution is 5.87. The van der Waals surface area contributed by atoms with Crippen LogP contribution in [0.1, 0.15) is 23.0 Å². The molecule has 0 spiro atoms. The molecule has 1 aromatic carbocycles. The van der Waals surface area contributed by atoms with Gasteiger partial charge in [-0.25, -0.2) is 9.78 Å². The van der Waals surface area contributed by atoms with Crippen molar-refractivity contribution in [2.24, 2.45) is 0 Å². The first kappa shape index (κ1) is 12.3.